The molecule has 5 nitrogen and oxygen atoms in total. The molecule has 1 aliphatic rings. The summed E-state index contributed by atoms with van der Waals surface area (Å²) in [5.41, 5.74) is 1.15. The Labute approximate surface area is 147 Å². The lowest BCUT2D eigenvalue weighted by atomic mass is 9.84. The lowest BCUT2D eigenvalue weighted by molar-refractivity contribution is 0.0698. The first kappa shape index (κ1) is 17.5. The van der Waals surface area contributed by atoms with Gasteiger partial charge in [-0.1, -0.05) is 43.5 Å². The van der Waals surface area contributed by atoms with Gasteiger partial charge in [0.15, 0.2) is 0 Å². The second-order valence-electron chi connectivity index (χ2n) is 6.36. The Morgan fingerprint density at radius 1 is 0.960 bits per heavy atom. The van der Waals surface area contributed by atoms with Crippen LogP contribution in [0.4, 0.5) is 5.69 Å². The maximum atomic E-state index is 12.6. The third-order valence-corrected chi connectivity index (χ3v) is 6.05. The fourth-order valence-corrected chi connectivity index (χ4v) is 4.40. The molecule has 0 spiro atoms. The van der Waals surface area contributed by atoms with Gasteiger partial charge in [0.25, 0.3) is 10.0 Å². The number of benzene rings is 2. The molecular formula is C19H21NO4S. The molecule has 0 saturated heterocycles. The van der Waals surface area contributed by atoms with E-state index in [1.54, 1.807) is 24.3 Å². The fraction of sp³-hybridized carbons (Fsp3) is 0.316. The van der Waals surface area contributed by atoms with E-state index < -0.39 is 16.0 Å². The largest absolute Gasteiger partial charge is 0.478 e. The molecule has 2 N–H and O–H groups in total. The van der Waals surface area contributed by atoms with Crippen LogP contribution in [0.25, 0.3) is 0 Å². The van der Waals surface area contributed by atoms with Crippen LogP contribution in [0.1, 0.15) is 53.9 Å². The van der Waals surface area contributed by atoms with Gasteiger partial charge in [0.2, 0.25) is 0 Å². The van der Waals surface area contributed by atoms with Crippen molar-refractivity contribution >= 4 is 21.7 Å². The van der Waals surface area contributed by atoms with Gasteiger partial charge >= 0.3 is 5.97 Å². The molecule has 0 aromatic heterocycles. The van der Waals surface area contributed by atoms with E-state index in [9.17, 15) is 18.3 Å². The van der Waals surface area contributed by atoms with Crippen LogP contribution in [-0.2, 0) is 10.0 Å². The van der Waals surface area contributed by atoms with E-state index in [0.717, 1.165) is 12.8 Å². The van der Waals surface area contributed by atoms with Gasteiger partial charge in [-0.15, -0.1) is 0 Å². The standard InChI is InChI=1S/C19H21NO4S/c21-19(22)17-8-4-5-9-18(17)20-25(23,24)16-12-10-15(11-13-16)14-6-2-1-3-7-14/h4-5,8-14,20H,1-3,6-7H2,(H,21,22). The van der Waals surface area contributed by atoms with Crippen molar-refractivity contribution < 1.29 is 18.3 Å². The maximum absolute atomic E-state index is 12.6. The Hall–Kier alpha value is -2.34. The van der Waals surface area contributed by atoms with Crippen LogP contribution < -0.4 is 4.72 Å². The number of nitrogens with one attached hydrogen (secondary N) is 1. The number of carboxylic acids is 1. The topological polar surface area (TPSA) is 83.5 Å². The summed E-state index contributed by atoms with van der Waals surface area (Å²) in [6, 6.07) is 12.9. The molecule has 1 fully saturated rings. The molecule has 1 saturated carbocycles. The minimum Gasteiger partial charge on any atom is -0.478 e. The summed E-state index contributed by atoms with van der Waals surface area (Å²) in [7, 11) is -3.83. The number of carbonyl (C=O) groups is 1. The highest BCUT2D eigenvalue weighted by atomic mass is 32.2. The average Bonchev–Trinajstić information content (AvgIpc) is 2.62. The predicted octanol–water partition coefficient (Wildman–Crippen LogP) is 4.23. The number of hydrogen-bond donors (Lipinski definition) is 2. The maximum Gasteiger partial charge on any atom is 0.337 e. The predicted molar refractivity (Wildman–Crippen MR) is 96.5 cm³/mol. The normalized spacial score (nSPS) is 15.7. The first-order valence-corrected chi connectivity index (χ1v) is 9.91. The average molecular weight is 359 g/mol. The van der Waals surface area contributed by atoms with E-state index in [2.05, 4.69) is 4.72 Å². The van der Waals surface area contributed by atoms with Gasteiger partial charge in [-0.3, -0.25) is 4.72 Å². The van der Waals surface area contributed by atoms with Crippen molar-refractivity contribution in [3.05, 3.63) is 59.7 Å². The Kier molecular flexibility index (Phi) is 5.08. The van der Waals surface area contributed by atoms with Gasteiger partial charge in [0.1, 0.15) is 0 Å². The number of carboxylic acid groups (broad SMARTS) is 1. The molecule has 2 aromatic rings. The molecule has 0 atom stereocenters. The van der Waals surface area contributed by atoms with E-state index in [-0.39, 0.29) is 16.1 Å². The zero-order chi connectivity index (χ0) is 17.9. The molecule has 2 aromatic carbocycles. The third-order valence-electron chi connectivity index (χ3n) is 4.67. The summed E-state index contributed by atoms with van der Waals surface area (Å²) in [5.74, 6) is -0.669. The van der Waals surface area contributed by atoms with Crippen LogP contribution in [0.5, 0.6) is 0 Å². The lowest BCUT2D eigenvalue weighted by Gasteiger charge is -2.22. The van der Waals surface area contributed by atoms with E-state index in [4.69, 9.17) is 0 Å². The van der Waals surface area contributed by atoms with Gasteiger partial charge in [-0.05, 0) is 48.6 Å². The quantitative estimate of drug-likeness (QED) is 0.837. The van der Waals surface area contributed by atoms with Crippen LogP contribution in [0.15, 0.2) is 53.4 Å². The Morgan fingerprint density at radius 2 is 1.60 bits per heavy atom. The molecule has 0 radical (unpaired) electrons. The fourth-order valence-electron chi connectivity index (χ4n) is 3.32. The first-order chi connectivity index (χ1) is 12.0. The minimum atomic E-state index is -3.83. The number of rotatable bonds is 5. The summed E-state index contributed by atoms with van der Waals surface area (Å²) >= 11 is 0. The number of para-hydroxylation sites is 1. The summed E-state index contributed by atoms with van der Waals surface area (Å²) in [6.07, 6.45) is 6.01. The zero-order valence-corrected chi connectivity index (χ0v) is 14.6. The Balaban J connectivity index is 1.82. The van der Waals surface area contributed by atoms with E-state index in [1.165, 1.54) is 37.0 Å². The van der Waals surface area contributed by atoms with Crippen LogP contribution >= 0.6 is 0 Å². The molecule has 1 aliphatic carbocycles. The van der Waals surface area contributed by atoms with Crippen LogP contribution in [-0.4, -0.2) is 19.5 Å². The van der Waals surface area contributed by atoms with Gasteiger partial charge < -0.3 is 5.11 Å². The smallest absolute Gasteiger partial charge is 0.337 e. The minimum absolute atomic E-state index is 0.0614. The first-order valence-electron chi connectivity index (χ1n) is 8.42. The highest BCUT2D eigenvalue weighted by molar-refractivity contribution is 7.92. The van der Waals surface area contributed by atoms with Gasteiger partial charge in [0, 0.05) is 0 Å². The van der Waals surface area contributed by atoms with Gasteiger partial charge in [-0.2, -0.15) is 0 Å². The van der Waals surface area contributed by atoms with E-state index >= 15 is 0 Å². The summed E-state index contributed by atoms with van der Waals surface area (Å²) in [5, 5.41) is 9.18. The van der Waals surface area contributed by atoms with Crippen molar-refractivity contribution in [1.29, 1.82) is 0 Å². The Morgan fingerprint density at radius 3 is 2.24 bits per heavy atom. The lowest BCUT2D eigenvalue weighted by Crippen LogP contribution is -2.15. The second-order valence-corrected chi connectivity index (χ2v) is 8.04. The van der Waals surface area contributed by atoms with Gasteiger partial charge in [0.05, 0.1) is 16.1 Å². The SMILES string of the molecule is O=C(O)c1ccccc1NS(=O)(=O)c1ccc(C2CCCCC2)cc1. The molecule has 6 heteroatoms. The number of sulfonamides is 1. The van der Waals surface area contributed by atoms with E-state index in [0.29, 0.717) is 5.92 Å². The monoisotopic (exact) mass is 359 g/mol. The van der Waals surface area contributed by atoms with Crippen molar-refractivity contribution in [2.24, 2.45) is 0 Å². The number of anilines is 1. The molecule has 0 amide bonds. The zero-order valence-electron chi connectivity index (χ0n) is 13.8. The molecule has 3 rings (SSSR count). The highest BCUT2D eigenvalue weighted by Gasteiger charge is 2.20. The van der Waals surface area contributed by atoms with Crippen molar-refractivity contribution in [3.63, 3.8) is 0 Å². The number of aromatic carboxylic acids is 1. The third kappa shape index (κ3) is 4.02. The van der Waals surface area contributed by atoms with Crippen molar-refractivity contribution in [2.45, 2.75) is 42.9 Å². The van der Waals surface area contributed by atoms with Crippen molar-refractivity contribution in [2.75, 3.05) is 4.72 Å². The summed E-state index contributed by atoms with van der Waals surface area (Å²) < 4.78 is 27.5. The van der Waals surface area contributed by atoms with E-state index in [1.807, 2.05) is 12.1 Å². The van der Waals surface area contributed by atoms with Crippen molar-refractivity contribution in [1.82, 2.24) is 0 Å². The van der Waals surface area contributed by atoms with Gasteiger partial charge in [-0.25, -0.2) is 13.2 Å². The van der Waals surface area contributed by atoms with Crippen LogP contribution in [0.2, 0.25) is 0 Å². The molecule has 0 unspecified atom stereocenters. The molecule has 0 bridgehead atoms. The molecule has 132 valence electrons. The second kappa shape index (κ2) is 7.27. The van der Waals surface area contributed by atoms with Crippen LogP contribution in [0, 0.1) is 0 Å². The summed E-state index contributed by atoms with van der Waals surface area (Å²) in [6.45, 7) is 0. The molecular weight excluding hydrogens is 338 g/mol. The molecule has 0 heterocycles. The number of hydrogen-bond acceptors (Lipinski definition) is 3. The molecule has 25 heavy (non-hydrogen) atoms. The summed E-state index contributed by atoms with van der Waals surface area (Å²) in [4.78, 5) is 11.4. The molecule has 0 aliphatic heterocycles. The van der Waals surface area contributed by atoms with Crippen molar-refractivity contribution in [3.8, 4) is 0 Å². The Bertz CT molecular complexity index is 853. The van der Waals surface area contributed by atoms with Crippen LogP contribution in [0.3, 0.4) is 0 Å². The highest BCUT2D eigenvalue weighted by Crippen LogP contribution is 2.33.